The number of ether oxygens (including phenoxy) is 1. The third-order valence-corrected chi connectivity index (χ3v) is 3.84. The van der Waals surface area contributed by atoms with Gasteiger partial charge in [0.2, 0.25) is 5.89 Å². The van der Waals surface area contributed by atoms with Gasteiger partial charge in [-0.15, -0.1) is 0 Å². The minimum atomic E-state index is -0.708. The number of nitrogens with one attached hydrogen (secondary N) is 1. The first-order valence-corrected chi connectivity index (χ1v) is 8.38. The molecule has 138 valence electrons. The number of carbonyl (C=O) groups is 2. The lowest BCUT2D eigenvalue weighted by Crippen LogP contribution is -2.34. The van der Waals surface area contributed by atoms with E-state index in [4.69, 9.17) is 14.9 Å². The molecule has 0 radical (unpaired) electrons. The van der Waals surface area contributed by atoms with Crippen molar-refractivity contribution in [3.05, 3.63) is 78.2 Å². The van der Waals surface area contributed by atoms with Crippen molar-refractivity contribution in [2.24, 2.45) is 5.73 Å². The fourth-order valence-electron chi connectivity index (χ4n) is 2.58. The number of rotatable bonds is 7. The van der Waals surface area contributed by atoms with E-state index in [1.807, 2.05) is 48.5 Å². The molecule has 7 nitrogen and oxygen atoms in total. The second-order valence-corrected chi connectivity index (χ2v) is 5.85. The Morgan fingerprint density at radius 1 is 1.07 bits per heavy atom. The first kappa shape index (κ1) is 18.2. The van der Waals surface area contributed by atoms with Crippen molar-refractivity contribution < 1.29 is 18.7 Å². The van der Waals surface area contributed by atoms with Gasteiger partial charge in [0.05, 0.1) is 12.5 Å². The van der Waals surface area contributed by atoms with Gasteiger partial charge in [-0.3, -0.25) is 4.79 Å². The Morgan fingerprint density at radius 2 is 1.74 bits per heavy atom. The minimum Gasteiger partial charge on any atom is -0.459 e. The maximum atomic E-state index is 12.2. The molecular weight excluding hydrogens is 346 g/mol. The van der Waals surface area contributed by atoms with Crippen LogP contribution in [-0.4, -0.2) is 17.0 Å². The number of aromatic nitrogens is 1. The van der Waals surface area contributed by atoms with Crippen LogP contribution in [0.4, 0.5) is 4.79 Å². The molecule has 1 heterocycles. The Bertz CT molecular complexity index is 894. The summed E-state index contributed by atoms with van der Waals surface area (Å²) in [7, 11) is 0. The van der Waals surface area contributed by atoms with Crippen molar-refractivity contribution >= 4 is 12.0 Å². The average molecular weight is 365 g/mol. The molecule has 3 rings (SSSR count). The Kier molecular flexibility index (Phi) is 5.84. The van der Waals surface area contributed by atoms with Gasteiger partial charge in [0.25, 0.3) is 0 Å². The molecule has 3 aromatic rings. The SMILES string of the molecule is NC(=O)N[C@@H](CC(=O)OCc1coc(-c2ccccc2)n1)c1ccccc1. The highest BCUT2D eigenvalue weighted by molar-refractivity contribution is 5.75. The topological polar surface area (TPSA) is 107 Å². The fourth-order valence-corrected chi connectivity index (χ4v) is 2.58. The maximum absolute atomic E-state index is 12.2. The zero-order valence-electron chi connectivity index (χ0n) is 14.5. The van der Waals surface area contributed by atoms with Crippen LogP contribution in [0.2, 0.25) is 0 Å². The second kappa shape index (κ2) is 8.66. The summed E-state index contributed by atoms with van der Waals surface area (Å²) in [5.41, 5.74) is 7.31. The summed E-state index contributed by atoms with van der Waals surface area (Å²) in [4.78, 5) is 27.7. The van der Waals surface area contributed by atoms with Gasteiger partial charge in [0.1, 0.15) is 18.6 Å². The number of primary amides is 1. The van der Waals surface area contributed by atoms with Gasteiger partial charge in [-0.25, -0.2) is 9.78 Å². The highest BCUT2D eigenvalue weighted by Gasteiger charge is 2.19. The Labute approximate surface area is 156 Å². The minimum absolute atomic E-state index is 0.0206. The Balaban J connectivity index is 1.58. The van der Waals surface area contributed by atoms with Crippen molar-refractivity contribution in [1.29, 1.82) is 0 Å². The quantitative estimate of drug-likeness (QED) is 0.625. The second-order valence-electron chi connectivity index (χ2n) is 5.85. The molecule has 0 spiro atoms. The summed E-state index contributed by atoms with van der Waals surface area (Å²) >= 11 is 0. The molecule has 0 bridgehead atoms. The summed E-state index contributed by atoms with van der Waals surface area (Å²) in [5.74, 6) is -0.0268. The molecule has 0 aliphatic heterocycles. The lowest BCUT2D eigenvalue weighted by molar-refractivity contribution is -0.145. The van der Waals surface area contributed by atoms with Crippen LogP contribution in [-0.2, 0) is 16.1 Å². The van der Waals surface area contributed by atoms with Crippen molar-refractivity contribution in [3.63, 3.8) is 0 Å². The van der Waals surface area contributed by atoms with Crippen LogP contribution in [0.3, 0.4) is 0 Å². The number of amides is 2. The molecular formula is C20H19N3O4. The standard InChI is InChI=1S/C20H19N3O4/c21-20(25)23-17(14-7-3-1-4-8-14)11-18(24)26-12-16-13-27-19(22-16)15-9-5-2-6-10-15/h1-10,13,17H,11-12H2,(H3,21,23,25)/t17-/m0/s1. The van der Waals surface area contributed by atoms with Gasteiger partial charge < -0.3 is 20.2 Å². The van der Waals surface area contributed by atoms with Crippen molar-refractivity contribution in [2.75, 3.05) is 0 Å². The fraction of sp³-hybridized carbons (Fsp3) is 0.150. The lowest BCUT2D eigenvalue weighted by atomic mass is 10.0. The predicted octanol–water partition coefficient (Wildman–Crippen LogP) is 3.18. The van der Waals surface area contributed by atoms with Crippen LogP contribution in [0.15, 0.2) is 71.3 Å². The van der Waals surface area contributed by atoms with Gasteiger partial charge in [-0.1, -0.05) is 48.5 Å². The van der Waals surface area contributed by atoms with E-state index in [9.17, 15) is 9.59 Å². The van der Waals surface area contributed by atoms with Crippen molar-refractivity contribution in [3.8, 4) is 11.5 Å². The summed E-state index contributed by atoms with van der Waals surface area (Å²) in [6.45, 7) is -0.0206. The first-order valence-electron chi connectivity index (χ1n) is 8.38. The molecule has 2 amide bonds. The number of carbonyl (C=O) groups excluding carboxylic acids is 2. The highest BCUT2D eigenvalue weighted by Crippen LogP contribution is 2.20. The lowest BCUT2D eigenvalue weighted by Gasteiger charge is -2.17. The summed E-state index contributed by atoms with van der Waals surface area (Å²) in [5, 5.41) is 2.55. The zero-order chi connectivity index (χ0) is 19.1. The molecule has 3 N–H and O–H groups in total. The number of esters is 1. The number of benzene rings is 2. The maximum Gasteiger partial charge on any atom is 0.312 e. The van der Waals surface area contributed by atoms with Crippen LogP contribution >= 0.6 is 0 Å². The first-order chi connectivity index (χ1) is 13.1. The van der Waals surface area contributed by atoms with E-state index in [-0.39, 0.29) is 13.0 Å². The van der Waals surface area contributed by atoms with E-state index < -0.39 is 18.0 Å². The molecule has 0 aliphatic rings. The van der Waals surface area contributed by atoms with Crippen molar-refractivity contribution in [1.82, 2.24) is 10.3 Å². The van der Waals surface area contributed by atoms with Crippen LogP contribution < -0.4 is 11.1 Å². The molecule has 0 unspecified atom stereocenters. The van der Waals surface area contributed by atoms with Gasteiger partial charge in [-0.2, -0.15) is 0 Å². The van der Waals surface area contributed by atoms with E-state index in [1.54, 1.807) is 12.1 Å². The highest BCUT2D eigenvalue weighted by atomic mass is 16.5. The van der Waals surface area contributed by atoms with Gasteiger partial charge in [0.15, 0.2) is 0 Å². The van der Waals surface area contributed by atoms with E-state index in [0.717, 1.165) is 11.1 Å². The summed E-state index contributed by atoms with van der Waals surface area (Å²) in [6.07, 6.45) is 1.41. The molecule has 0 fully saturated rings. The number of urea groups is 1. The molecule has 1 aromatic heterocycles. The number of nitrogens with zero attached hydrogens (tertiary/aromatic N) is 1. The van der Waals surface area contributed by atoms with Crippen molar-refractivity contribution in [2.45, 2.75) is 19.1 Å². The average Bonchev–Trinajstić information content (AvgIpc) is 3.16. The van der Waals surface area contributed by atoms with Crippen LogP contribution in [0.25, 0.3) is 11.5 Å². The number of nitrogens with two attached hydrogens (primary N) is 1. The molecule has 0 saturated carbocycles. The van der Waals surface area contributed by atoms with E-state index >= 15 is 0 Å². The van der Waals surface area contributed by atoms with Crippen LogP contribution in [0.5, 0.6) is 0 Å². The van der Waals surface area contributed by atoms with Gasteiger partial charge >= 0.3 is 12.0 Å². The van der Waals surface area contributed by atoms with E-state index in [2.05, 4.69) is 10.3 Å². The normalized spacial score (nSPS) is 11.6. The molecule has 0 aliphatic carbocycles. The zero-order valence-corrected chi connectivity index (χ0v) is 14.5. The number of hydrogen-bond donors (Lipinski definition) is 2. The summed E-state index contributed by atoms with van der Waals surface area (Å²) in [6, 6.07) is 17.2. The largest absolute Gasteiger partial charge is 0.459 e. The molecule has 27 heavy (non-hydrogen) atoms. The monoisotopic (exact) mass is 365 g/mol. The number of oxazole rings is 1. The molecule has 2 aromatic carbocycles. The van der Waals surface area contributed by atoms with Crippen LogP contribution in [0.1, 0.15) is 23.7 Å². The van der Waals surface area contributed by atoms with Gasteiger partial charge in [-0.05, 0) is 17.7 Å². The predicted molar refractivity (Wildman–Crippen MR) is 98.3 cm³/mol. The van der Waals surface area contributed by atoms with Crippen LogP contribution in [0, 0.1) is 0 Å². The molecule has 0 saturated heterocycles. The van der Waals surface area contributed by atoms with E-state index in [1.165, 1.54) is 6.26 Å². The Hall–Kier alpha value is -3.61. The molecule has 1 atom stereocenters. The summed E-state index contributed by atoms with van der Waals surface area (Å²) < 4.78 is 10.7. The third kappa shape index (κ3) is 5.18. The van der Waals surface area contributed by atoms with E-state index in [0.29, 0.717) is 11.6 Å². The number of hydrogen-bond acceptors (Lipinski definition) is 5. The molecule has 7 heteroatoms. The van der Waals surface area contributed by atoms with Gasteiger partial charge in [0, 0.05) is 5.56 Å². The Morgan fingerprint density at radius 3 is 2.41 bits per heavy atom. The third-order valence-electron chi connectivity index (χ3n) is 3.84. The smallest absolute Gasteiger partial charge is 0.312 e.